The van der Waals surface area contributed by atoms with Gasteiger partial charge >= 0.3 is 12.1 Å². The molecule has 15 heavy (non-hydrogen) atoms. The smallest absolute Gasteiger partial charge is 0.450 e. The van der Waals surface area contributed by atoms with Gasteiger partial charge in [0.05, 0.1) is 6.61 Å². The first-order valence-corrected chi connectivity index (χ1v) is 4.05. The SMILES string of the molecule is CCOC(=O)[C@@H](CC=O)C(=O)C(F)(F)F. The summed E-state index contributed by atoms with van der Waals surface area (Å²) in [7, 11) is 0. The molecule has 0 aromatic heterocycles. The molecule has 0 N–H and O–H groups in total. The Morgan fingerprint density at radius 1 is 1.40 bits per heavy atom. The monoisotopic (exact) mass is 226 g/mol. The Balaban J connectivity index is 4.73. The third kappa shape index (κ3) is 4.09. The van der Waals surface area contributed by atoms with Gasteiger partial charge in [0.25, 0.3) is 5.78 Å². The van der Waals surface area contributed by atoms with Crippen LogP contribution in [0.25, 0.3) is 0 Å². The van der Waals surface area contributed by atoms with Gasteiger partial charge in [0.15, 0.2) is 0 Å². The standard InChI is InChI=1S/C8H9F3O4/c1-2-15-7(14)5(3-4-12)6(13)8(9,10)11/h4-5H,2-3H2,1H3/t5-/m0/s1. The molecule has 0 aromatic carbocycles. The summed E-state index contributed by atoms with van der Waals surface area (Å²) in [5, 5.41) is 0. The van der Waals surface area contributed by atoms with E-state index in [1.807, 2.05) is 0 Å². The average molecular weight is 226 g/mol. The Kier molecular flexibility index (Phi) is 4.96. The van der Waals surface area contributed by atoms with Crippen molar-refractivity contribution < 1.29 is 32.3 Å². The fourth-order valence-electron chi connectivity index (χ4n) is 0.847. The Labute approximate surface area is 83.4 Å². The predicted molar refractivity (Wildman–Crippen MR) is 41.9 cm³/mol. The maximum absolute atomic E-state index is 11.9. The minimum atomic E-state index is -5.14. The number of hydrogen-bond donors (Lipinski definition) is 0. The molecule has 0 amide bonds. The van der Waals surface area contributed by atoms with Crippen LogP contribution in [-0.4, -0.2) is 30.8 Å². The van der Waals surface area contributed by atoms with Crippen LogP contribution in [0.15, 0.2) is 0 Å². The van der Waals surface area contributed by atoms with E-state index in [0.717, 1.165) is 0 Å². The van der Waals surface area contributed by atoms with Crippen molar-refractivity contribution in [2.75, 3.05) is 6.61 Å². The highest BCUT2D eigenvalue weighted by Gasteiger charge is 2.46. The van der Waals surface area contributed by atoms with Crippen LogP contribution >= 0.6 is 0 Å². The van der Waals surface area contributed by atoms with E-state index in [9.17, 15) is 27.6 Å². The van der Waals surface area contributed by atoms with Gasteiger partial charge in [0.2, 0.25) is 0 Å². The number of halogens is 3. The number of esters is 1. The molecule has 0 unspecified atom stereocenters. The number of carbonyl (C=O) groups is 3. The second-order valence-electron chi connectivity index (χ2n) is 2.57. The quantitative estimate of drug-likeness (QED) is 0.396. The number of hydrogen-bond acceptors (Lipinski definition) is 4. The maximum atomic E-state index is 11.9. The Bertz CT molecular complexity index is 259. The number of carbonyl (C=O) groups excluding carboxylic acids is 3. The zero-order chi connectivity index (χ0) is 12.1. The van der Waals surface area contributed by atoms with Crippen molar-refractivity contribution in [3.8, 4) is 0 Å². The zero-order valence-corrected chi connectivity index (χ0v) is 7.84. The molecule has 0 rings (SSSR count). The lowest BCUT2D eigenvalue weighted by Gasteiger charge is -2.13. The summed E-state index contributed by atoms with van der Waals surface area (Å²) < 4.78 is 40.1. The topological polar surface area (TPSA) is 60.4 Å². The number of ketones is 1. The van der Waals surface area contributed by atoms with Crippen LogP contribution < -0.4 is 0 Å². The summed E-state index contributed by atoms with van der Waals surface area (Å²) in [5.41, 5.74) is 0. The molecule has 0 radical (unpaired) electrons. The van der Waals surface area contributed by atoms with Gasteiger partial charge in [-0.15, -0.1) is 0 Å². The van der Waals surface area contributed by atoms with Gasteiger partial charge in [0.1, 0.15) is 12.2 Å². The molecular formula is C8H9F3O4. The number of rotatable bonds is 5. The van der Waals surface area contributed by atoms with Crippen molar-refractivity contribution in [2.45, 2.75) is 19.5 Å². The lowest BCUT2D eigenvalue weighted by Crippen LogP contribution is -2.36. The Hall–Kier alpha value is -1.40. The molecule has 0 aliphatic rings. The summed E-state index contributed by atoms with van der Waals surface area (Å²) in [6, 6.07) is 0. The van der Waals surface area contributed by atoms with Gasteiger partial charge in [0, 0.05) is 6.42 Å². The van der Waals surface area contributed by atoms with Gasteiger partial charge in [-0.05, 0) is 6.92 Å². The van der Waals surface area contributed by atoms with Crippen LogP contribution in [0.1, 0.15) is 13.3 Å². The fourth-order valence-corrected chi connectivity index (χ4v) is 0.847. The van der Waals surface area contributed by atoms with E-state index < -0.39 is 30.3 Å². The summed E-state index contributed by atoms with van der Waals surface area (Å²) >= 11 is 0. The molecule has 7 heteroatoms. The van der Waals surface area contributed by atoms with E-state index in [1.165, 1.54) is 6.92 Å². The van der Waals surface area contributed by atoms with Crippen molar-refractivity contribution in [2.24, 2.45) is 5.92 Å². The molecule has 0 aliphatic heterocycles. The van der Waals surface area contributed by atoms with Crippen molar-refractivity contribution >= 4 is 18.0 Å². The fraction of sp³-hybridized carbons (Fsp3) is 0.625. The molecule has 4 nitrogen and oxygen atoms in total. The van der Waals surface area contributed by atoms with E-state index >= 15 is 0 Å². The minimum Gasteiger partial charge on any atom is -0.465 e. The zero-order valence-electron chi connectivity index (χ0n) is 7.84. The number of aldehydes is 1. The summed E-state index contributed by atoms with van der Waals surface area (Å²) in [5.74, 6) is -5.66. The van der Waals surface area contributed by atoms with E-state index in [4.69, 9.17) is 0 Å². The number of alkyl halides is 3. The molecule has 86 valence electrons. The highest BCUT2D eigenvalue weighted by molar-refractivity contribution is 6.03. The van der Waals surface area contributed by atoms with Gasteiger partial charge in [-0.2, -0.15) is 13.2 Å². The molecule has 0 saturated carbocycles. The first-order chi connectivity index (χ1) is 6.84. The largest absolute Gasteiger partial charge is 0.465 e. The van der Waals surface area contributed by atoms with Crippen LogP contribution in [0.4, 0.5) is 13.2 Å². The maximum Gasteiger partial charge on any atom is 0.450 e. The summed E-state index contributed by atoms with van der Waals surface area (Å²) in [6.45, 7) is 1.23. The van der Waals surface area contributed by atoms with Crippen molar-refractivity contribution in [3.05, 3.63) is 0 Å². The third-order valence-electron chi connectivity index (χ3n) is 1.50. The Morgan fingerprint density at radius 2 is 1.93 bits per heavy atom. The van der Waals surface area contributed by atoms with Gasteiger partial charge < -0.3 is 9.53 Å². The van der Waals surface area contributed by atoms with Crippen LogP contribution in [0.5, 0.6) is 0 Å². The first kappa shape index (κ1) is 13.6. The molecular weight excluding hydrogens is 217 g/mol. The van der Waals surface area contributed by atoms with Crippen LogP contribution in [0.3, 0.4) is 0 Å². The second kappa shape index (κ2) is 5.47. The molecule has 0 fully saturated rings. The molecule has 0 bridgehead atoms. The van der Waals surface area contributed by atoms with Gasteiger partial charge in [-0.3, -0.25) is 9.59 Å². The van der Waals surface area contributed by atoms with Gasteiger partial charge in [-0.1, -0.05) is 0 Å². The number of Topliss-reactive ketones (excluding diaryl/α,β-unsaturated/α-hetero) is 1. The van der Waals surface area contributed by atoms with E-state index in [-0.39, 0.29) is 12.9 Å². The molecule has 0 aliphatic carbocycles. The van der Waals surface area contributed by atoms with Crippen LogP contribution in [0, 0.1) is 5.92 Å². The van der Waals surface area contributed by atoms with E-state index in [1.54, 1.807) is 0 Å². The first-order valence-electron chi connectivity index (χ1n) is 4.05. The van der Waals surface area contributed by atoms with E-state index in [0.29, 0.717) is 0 Å². The molecule has 0 saturated heterocycles. The second-order valence-corrected chi connectivity index (χ2v) is 2.57. The lowest BCUT2D eigenvalue weighted by molar-refractivity contribution is -0.181. The van der Waals surface area contributed by atoms with Crippen molar-refractivity contribution in [1.29, 1.82) is 0 Å². The van der Waals surface area contributed by atoms with Crippen molar-refractivity contribution in [1.82, 2.24) is 0 Å². The van der Waals surface area contributed by atoms with Crippen LogP contribution in [0.2, 0.25) is 0 Å². The Morgan fingerprint density at radius 3 is 2.27 bits per heavy atom. The molecule has 0 heterocycles. The highest BCUT2D eigenvalue weighted by Crippen LogP contribution is 2.23. The number of ether oxygens (including phenoxy) is 1. The molecule has 1 atom stereocenters. The normalized spacial score (nSPS) is 13.1. The van der Waals surface area contributed by atoms with Crippen LogP contribution in [-0.2, 0) is 19.1 Å². The minimum absolute atomic E-state index is 0.0746. The van der Waals surface area contributed by atoms with Crippen molar-refractivity contribution in [3.63, 3.8) is 0 Å². The predicted octanol–water partition coefficient (Wildman–Crippen LogP) is 0.886. The molecule has 0 spiro atoms. The summed E-state index contributed by atoms with van der Waals surface area (Å²) in [4.78, 5) is 31.6. The third-order valence-corrected chi connectivity index (χ3v) is 1.50. The molecule has 0 aromatic rings. The van der Waals surface area contributed by atoms with E-state index in [2.05, 4.69) is 4.74 Å². The summed E-state index contributed by atoms with van der Waals surface area (Å²) in [6.07, 6.45) is -5.89. The van der Waals surface area contributed by atoms with Gasteiger partial charge in [-0.25, -0.2) is 0 Å². The average Bonchev–Trinajstić information content (AvgIpc) is 2.12. The highest BCUT2D eigenvalue weighted by atomic mass is 19.4. The lowest BCUT2D eigenvalue weighted by atomic mass is 10.0.